The molecule has 0 saturated heterocycles. The number of alkyl halides is 7. The summed E-state index contributed by atoms with van der Waals surface area (Å²) in [6.07, 6.45) is 0. The smallest absolute Gasteiger partial charge is 1.00 e. The number of rotatable bonds is 6. The van der Waals surface area contributed by atoms with Crippen molar-refractivity contribution in [2.75, 3.05) is 0 Å². The van der Waals surface area contributed by atoms with Gasteiger partial charge in [-0.25, -0.2) is 25.3 Å². The summed E-state index contributed by atoms with van der Waals surface area (Å²) in [5.74, 6) is 0. The SMILES string of the molecule is O=S(=O)(NS(=O)(=O)C(F)(F)C(F)(F)S(=O)(=O)c1ccccc1)C(F)(F)F.[H-].[Li+]. The van der Waals surface area contributed by atoms with E-state index in [1.165, 1.54) is 0 Å². The standard InChI is InChI=1S/C9H6F7NO6S3.Li.H/c10-7(11,24(18,19)6-4-2-1-3-5-6)8(12,13)25(20,21)17-26(22,23)9(14,15)16;;/h1-5,17H;;/q;+1;-1. The van der Waals surface area contributed by atoms with Gasteiger partial charge >= 0.3 is 44.9 Å². The van der Waals surface area contributed by atoms with Crippen molar-refractivity contribution >= 4 is 29.9 Å². The fourth-order valence-corrected chi connectivity index (χ4v) is 5.35. The van der Waals surface area contributed by atoms with Crippen LogP contribution in [0, 0.1) is 0 Å². The minimum absolute atomic E-state index is 0. The van der Waals surface area contributed by atoms with Crippen LogP contribution in [0.3, 0.4) is 0 Å². The summed E-state index contributed by atoms with van der Waals surface area (Å²) >= 11 is 0. The van der Waals surface area contributed by atoms with Crippen LogP contribution in [-0.2, 0) is 29.9 Å². The third-order valence-electron chi connectivity index (χ3n) is 2.59. The summed E-state index contributed by atoms with van der Waals surface area (Å²) in [5, 5.41) is -13.3. The predicted molar refractivity (Wildman–Crippen MR) is 71.7 cm³/mol. The monoisotopic (exact) mass is 461 g/mol. The summed E-state index contributed by atoms with van der Waals surface area (Å²) in [4.78, 5) is -1.49. The summed E-state index contributed by atoms with van der Waals surface area (Å²) in [7, 11) is -20.9. The van der Waals surface area contributed by atoms with Crippen LogP contribution in [0.25, 0.3) is 0 Å². The van der Waals surface area contributed by atoms with E-state index in [1.54, 1.807) is 0 Å². The summed E-state index contributed by atoms with van der Waals surface area (Å²) < 4.78 is 157. The van der Waals surface area contributed by atoms with Gasteiger partial charge < -0.3 is 1.43 Å². The van der Waals surface area contributed by atoms with Gasteiger partial charge in [-0.15, -0.1) is 0 Å². The third-order valence-corrected chi connectivity index (χ3v) is 7.84. The Kier molecular flexibility index (Phi) is 7.28. The molecule has 152 valence electrons. The van der Waals surface area contributed by atoms with Crippen LogP contribution in [-0.4, -0.2) is 41.3 Å². The van der Waals surface area contributed by atoms with E-state index in [0.29, 0.717) is 12.1 Å². The Morgan fingerprint density at radius 3 is 1.48 bits per heavy atom. The van der Waals surface area contributed by atoms with Gasteiger partial charge in [-0.05, 0) is 12.1 Å². The van der Waals surface area contributed by atoms with Crippen molar-refractivity contribution in [3.63, 3.8) is 0 Å². The molecule has 0 aliphatic carbocycles. The first kappa shape index (κ1) is 26.1. The fraction of sp³-hybridized carbons (Fsp3) is 0.333. The van der Waals surface area contributed by atoms with Crippen molar-refractivity contribution < 1.29 is 76.3 Å². The zero-order chi connectivity index (χ0) is 20.8. The Labute approximate surface area is 161 Å². The third kappa shape index (κ3) is 4.43. The second kappa shape index (κ2) is 7.52. The van der Waals surface area contributed by atoms with Gasteiger partial charge in [0.2, 0.25) is 0 Å². The molecule has 1 rings (SSSR count). The van der Waals surface area contributed by atoms with Gasteiger partial charge in [-0.2, -0.15) is 30.7 Å². The van der Waals surface area contributed by atoms with Crippen LogP contribution < -0.4 is 23.0 Å². The first-order valence-corrected chi connectivity index (χ1v) is 10.2. The first-order valence-electron chi connectivity index (χ1n) is 5.71. The molecule has 0 spiro atoms. The normalized spacial score (nSPS) is 14.5. The second-order valence-corrected chi connectivity index (χ2v) is 10.0. The molecular formula is C9H7F7LiNO6S3. The zero-order valence-corrected chi connectivity index (χ0v) is 15.2. The molecule has 0 aromatic heterocycles. The number of sulfone groups is 1. The average Bonchev–Trinajstić information content (AvgIpc) is 2.45. The van der Waals surface area contributed by atoms with E-state index >= 15 is 0 Å². The molecule has 1 aromatic carbocycles. The summed E-state index contributed by atoms with van der Waals surface area (Å²) in [6.45, 7) is 0. The molecule has 0 amide bonds. The summed E-state index contributed by atoms with van der Waals surface area (Å²) in [6, 6.07) is 3.46. The molecule has 0 bridgehead atoms. The van der Waals surface area contributed by atoms with E-state index in [1.807, 2.05) is 0 Å². The number of hydrogen-bond acceptors (Lipinski definition) is 6. The van der Waals surface area contributed by atoms with Crippen molar-refractivity contribution in [2.45, 2.75) is 20.9 Å². The maximum Gasteiger partial charge on any atom is 1.00 e. The fourth-order valence-electron chi connectivity index (χ4n) is 1.30. The average molecular weight is 461 g/mol. The molecule has 1 N–H and O–H groups in total. The number of hydrogen-bond donors (Lipinski definition) is 1. The minimum atomic E-state index is -7.37. The molecule has 0 atom stereocenters. The second-order valence-electron chi connectivity index (χ2n) is 4.39. The molecule has 27 heavy (non-hydrogen) atoms. The van der Waals surface area contributed by atoms with Gasteiger partial charge in [-0.3, -0.25) is 0 Å². The van der Waals surface area contributed by atoms with E-state index in [4.69, 9.17) is 0 Å². The van der Waals surface area contributed by atoms with Crippen molar-refractivity contribution in [2.24, 2.45) is 0 Å². The molecule has 0 aliphatic rings. The van der Waals surface area contributed by atoms with Gasteiger partial charge in [0.25, 0.3) is 19.9 Å². The van der Waals surface area contributed by atoms with Crippen LogP contribution in [0.2, 0.25) is 0 Å². The van der Waals surface area contributed by atoms with Crippen molar-refractivity contribution in [1.29, 1.82) is 0 Å². The number of sulfonamides is 2. The topological polar surface area (TPSA) is 114 Å². The van der Waals surface area contributed by atoms with Crippen LogP contribution >= 0.6 is 0 Å². The van der Waals surface area contributed by atoms with Gasteiger partial charge in [0.1, 0.15) is 0 Å². The van der Waals surface area contributed by atoms with Crippen LogP contribution in [0.15, 0.2) is 35.2 Å². The summed E-state index contributed by atoms with van der Waals surface area (Å²) in [5.41, 5.74) is -6.45. The van der Waals surface area contributed by atoms with Gasteiger partial charge in [0.05, 0.1) is 4.90 Å². The number of benzene rings is 1. The molecule has 0 aliphatic heterocycles. The molecule has 0 unspecified atom stereocenters. The zero-order valence-electron chi connectivity index (χ0n) is 13.7. The maximum atomic E-state index is 13.8. The van der Waals surface area contributed by atoms with Crippen LogP contribution in [0.4, 0.5) is 30.7 Å². The van der Waals surface area contributed by atoms with Crippen molar-refractivity contribution in [3.8, 4) is 0 Å². The quantitative estimate of drug-likeness (QED) is 0.409. The van der Waals surface area contributed by atoms with E-state index < -0.39 is 54.9 Å². The van der Waals surface area contributed by atoms with Crippen molar-refractivity contribution in [3.05, 3.63) is 30.3 Å². The van der Waals surface area contributed by atoms with E-state index in [0.717, 1.165) is 18.2 Å². The molecule has 1 aromatic rings. The Hall–Kier alpha value is -0.863. The first-order chi connectivity index (χ1) is 11.3. The van der Waals surface area contributed by atoms with E-state index in [-0.39, 0.29) is 20.3 Å². The van der Waals surface area contributed by atoms with Gasteiger partial charge in [-0.1, -0.05) is 22.3 Å². The Morgan fingerprint density at radius 1 is 0.704 bits per heavy atom. The predicted octanol–water partition coefficient (Wildman–Crippen LogP) is -1.47. The van der Waals surface area contributed by atoms with E-state index in [9.17, 15) is 56.0 Å². The molecular weight excluding hydrogens is 454 g/mol. The molecule has 18 heteroatoms. The van der Waals surface area contributed by atoms with Gasteiger partial charge in [0, 0.05) is 0 Å². The molecule has 0 saturated carbocycles. The Balaban J connectivity index is 0. The van der Waals surface area contributed by atoms with Crippen LogP contribution in [0.1, 0.15) is 1.43 Å². The largest absolute Gasteiger partial charge is 1.00 e. The van der Waals surface area contributed by atoms with E-state index in [2.05, 4.69) is 0 Å². The maximum absolute atomic E-state index is 13.8. The molecule has 0 heterocycles. The Bertz CT molecular complexity index is 996. The minimum Gasteiger partial charge on any atom is -1.00 e. The number of halogens is 7. The van der Waals surface area contributed by atoms with Crippen LogP contribution in [0.5, 0.6) is 0 Å². The molecule has 0 fully saturated rings. The van der Waals surface area contributed by atoms with Gasteiger partial charge in [0.15, 0.2) is 0 Å². The van der Waals surface area contributed by atoms with Crippen molar-refractivity contribution in [1.82, 2.24) is 4.13 Å². The molecule has 7 nitrogen and oxygen atoms in total. The number of nitrogens with one attached hydrogen (secondary N) is 1. The molecule has 0 radical (unpaired) electrons. The Morgan fingerprint density at radius 2 is 1.11 bits per heavy atom.